The van der Waals surface area contributed by atoms with Crippen LogP contribution in [0.25, 0.3) is 5.69 Å². The zero-order valence-corrected chi connectivity index (χ0v) is 16.8. The number of aromatic nitrogens is 2. The average Bonchev–Trinajstić information content (AvgIpc) is 3.21. The van der Waals surface area contributed by atoms with Gasteiger partial charge in [-0.2, -0.15) is 9.78 Å². The summed E-state index contributed by atoms with van der Waals surface area (Å²) in [5, 5.41) is 5.15. The van der Waals surface area contributed by atoms with Crippen molar-refractivity contribution in [3.63, 3.8) is 0 Å². The SMILES string of the molecule is Cc1ccc(-n2ncc(N3CCC(C4CCCO4)CC3)c(Cl)c2=O)cc1Cl. The molecule has 1 aromatic carbocycles. The maximum atomic E-state index is 12.8. The summed E-state index contributed by atoms with van der Waals surface area (Å²) in [5.74, 6) is 0.602. The lowest BCUT2D eigenvalue weighted by molar-refractivity contribution is 0.0531. The van der Waals surface area contributed by atoms with Crippen LogP contribution in [0.3, 0.4) is 0 Å². The molecule has 0 N–H and O–H groups in total. The lowest BCUT2D eigenvalue weighted by Gasteiger charge is -2.35. The van der Waals surface area contributed by atoms with E-state index >= 15 is 0 Å². The predicted molar refractivity (Wildman–Crippen MR) is 109 cm³/mol. The van der Waals surface area contributed by atoms with E-state index in [1.165, 1.54) is 17.5 Å². The fourth-order valence-corrected chi connectivity index (χ4v) is 4.45. The van der Waals surface area contributed by atoms with Crippen molar-refractivity contribution >= 4 is 28.9 Å². The molecule has 0 amide bonds. The van der Waals surface area contributed by atoms with E-state index in [0.717, 1.165) is 38.1 Å². The van der Waals surface area contributed by atoms with E-state index < -0.39 is 0 Å². The quantitative estimate of drug-likeness (QED) is 0.762. The molecule has 2 saturated heterocycles. The number of hydrogen-bond acceptors (Lipinski definition) is 4. The summed E-state index contributed by atoms with van der Waals surface area (Å²) in [6, 6.07) is 5.41. The van der Waals surface area contributed by atoms with Crippen molar-refractivity contribution in [2.45, 2.75) is 38.7 Å². The fourth-order valence-electron chi connectivity index (χ4n) is 4.03. The summed E-state index contributed by atoms with van der Waals surface area (Å²) >= 11 is 12.6. The molecule has 3 heterocycles. The molecule has 2 aliphatic heterocycles. The molecule has 1 aromatic heterocycles. The summed E-state index contributed by atoms with van der Waals surface area (Å²) < 4.78 is 7.14. The number of piperidine rings is 1. The minimum absolute atomic E-state index is 0.206. The van der Waals surface area contributed by atoms with Crippen LogP contribution in [-0.2, 0) is 4.74 Å². The Labute approximate surface area is 168 Å². The van der Waals surface area contributed by atoms with Crippen LogP contribution in [0.2, 0.25) is 10.0 Å². The fraction of sp³-hybridized carbons (Fsp3) is 0.500. The van der Waals surface area contributed by atoms with E-state index in [1.54, 1.807) is 12.3 Å². The molecular weight excluding hydrogens is 385 g/mol. The Kier molecular flexibility index (Phi) is 5.44. The van der Waals surface area contributed by atoms with Gasteiger partial charge in [-0.05, 0) is 56.2 Å². The summed E-state index contributed by atoms with van der Waals surface area (Å²) in [5.41, 5.74) is 1.95. The Hall–Kier alpha value is -1.56. The van der Waals surface area contributed by atoms with Gasteiger partial charge in [-0.1, -0.05) is 29.3 Å². The van der Waals surface area contributed by atoms with Crippen LogP contribution in [0.15, 0.2) is 29.2 Å². The molecule has 0 aliphatic carbocycles. The molecule has 0 bridgehead atoms. The second-order valence-corrected chi connectivity index (χ2v) is 8.16. The molecule has 27 heavy (non-hydrogen) atoms. The summed E-state index contributed by atoms with van der Waals surface area (Å²) in [7, 11) is 0. The van der Waals surface area contributed by atoms with Crippen molar-refractivity contribution in [1.82, 2.24) is 9.78 Å². The van der Waals surface area contributed by atoms with Gasteiger partial charge in [0.15, 0.2) is 0 Å². The first-order valence-corrected chi connectivity index (χ1v) is 10.2. The van der Waals surface area contributed by atoms with Crippen LogP contribution in [0, 0.1) is 12.8 Å². The third kappa shape index (κ3) is 3.73. The number of nitrogens with zero attached hydrogens (tertiary/aromatic N) is 3. The molecule has 0 saturated carbocycles. The first-order valence-electron chi connectivity index (χ1n) is 9.45. The summed E-state index contributed by atoms with van der Waals surface area (Å²) in [6.45, 7) is 4.54. The van der Waals surface area contributed by atoms with E-state index in [0.29, 0.717) is 28.4 Å². The normalized spacial score (nSPS) is 21.0. The zero-order chi connectivity index (χ0) is 19.0. The third-order valence-electron chi connectivity index (χ3n) is 5.67. The van der Waals surface area contributed by atoms with Gasteiger partial charge in [0.05, 0.1) is 23.7 Å². The van der Waals surface area contributed by atoms with Crippen LogP contribution in [0.4, 0.5) is 5.69 Å². The number of benzene rings is 1. The summed E-state index contributed by atoms with van der Waals surface area (Å²) in [4.78, 5) is 14.9. The molecular formula is C20H23Cl2N3O2. The van der Waals surface area contributed by atoms with E-state index in [-0.39, 0.29) is 10.6 Å². The monoisotopic (exact) mass is 407 g/mol. The number of aryl methyl sites for hydroxylation is 1. The first kappa shape index (κ1) is 18.8. The maximum Gasteiger partial charge on any atom is 0.292 e. The summed E-state index contributed by atoms with van der Waals surface area (Å²) in [6.07, 6.45) is 6.53. The van der Waals surface area contributed by atoms with E-state index in [2.05, 4.69) is 10.00 Å². The van der Waals surface area contributed by atoms with Gasteiger partial charge < -0.3 is 9.64 Å². The number of anilines is 1. The lowest BCUT2D eigenvalue weighted by Crippen LogP contribution is -2.39. The topological polar surface area (TPSA) is 47.4 Å². The Morgan fingerprint density at radius 1 is 1.19 bits per heavy atom. The molecule has 2 fully saturated rings. The molecule has 144 valence electrons. The molecule has 5 nitrogen and oxygen atoms in total. The highest BCUT2D eigenvalue weighted by Crippen LogP contribution is 2.32. The van der Waals surface area contributed by atoms with Crippen LogP contribution >= 0.6 is 23.2 Å². The van der Waals surface area contributed by atoms with Gasteiger partial charge in [-0.3, -0.25) is 4.79 Å². The number of hydrogen-bond donors (Lipinski definition) is 0. The standard InChI is InChI=1S/C20H23Cl2N3O2/c1-13-4-5-15(11-16(13)21)25-20(26)19(22)17(12-23-25)24-8-6-14(7-9-24)18-3-2-10-27-18/h4-5,11-12,14,18H,2-3,6-10H2,1H3. The second-order valence-electron chi connectivity index (χ2n) is 7.37. The lowest BCUT2D eigenvalue weighted by atomic mass is 9.89. The molecule has 7 heteroatoms. The van der Waals surface area contributed by atoms with Crippen LogP contribution in [-0.4, -0.2) is 35.6 Å². The highest BCUT2D eigenvalue weighted by atomic mass is 35.5. The van der Waals surface area contributed by atoms with E-state index in [4.69, 9.17) is 27.9 Å². The van der Waals surface area contributed by atoms with Crippen LogP contribution in [0.1, 0.15) is 31.2 Å². The average molecular weight is 408 g/mol. The zero-order valence-electron chi connectivity index (χ0n) is 15.3. The highest BCUT2D eigenvalue weighted by Gasteiger charge is 2.30. The van der Waals surface area contributed by atoms with Gasteiger partial charge in [0.25, 0.3) is 5.56 Å². The van der Waals surface area contributed by atoms with E-state index in [9.17, 15) is 4.79 Å². The molecule has 0 spiro atoms. The Bertz CT molecular complexity index is 885. The van der Waals surface area contributed by atoms with Crippen molar-refractivity contribution in [1.29, 1.82) is 0 Å². The molecule has 0 radical (unpaired) electrons. The van der Waals surface area contributed by atoms with E-state index in [1.807, 2.05) is 19.1 Å². The smallest absolute Gasteiger partial charge is 0.292 e. The Morgan fingerprint density at radius 3 is 2.63 bits per heavy atom. The van der Waals surface area contributed by atoms with Crippen molar-refractivity contribution in [2.24, 2.45) is 5.92 Å². The largest absolute Gasteiger partial charge is 0.378 e. The van der Waals surface area contributed by atoms with Gasteiger partial charge in [-0.15, -0.1) is 0 Å². The van der Waals surface area contributed by atoms with Gasteiger partial charge in [0.2, 0.25) is 0 Å². The molecule has 2 aliphatic rings. The van der Waals surface area contributed by atoms with Crippen LogP contribution < -0.4 is 10.5 Å². The minimum atomic E-state index is -0.324. The Balaban J connectivity index is 1.54. The van der Waals surface area contributed by atoms with Crippen molar-refractivity contribution in [3.8, 4) is 5.69 Å². The third-order valence-corrected chi connectivity index (χ3v) is 6.43. The maximum absolute atomic E-state index is 12.8. The second kappa shape index (κ2) is 7.82. The first-order chi connectivity index (χ1) is 13.0. The number of ether oxygens (including phenoxy) is 1. The number of rotatable bonds is 3. The predicted octanol–water partition coefficient (Wildman–Crippen LogP) is 4.24. The number of halogens is 2. The van der Waals surface area contributed by atoms with Crippen molar-refractivity contribution < 1.29 is 4.74 Å². The van der Waals surface area contributed by atoms with Gasteiger partial charge in [0.1, 0.15) is 5.02 Å². The Morgan fingerprint density at radius 2 is 1.96 bits per heavy atom. The van der Waals surface area contributed by atoms with Crippen molar-refractivity contribution in [2.75, 3.05) is 24.6 Å². The molecule has 1 unspecified atom stereocenters. The molecule has 4 rings (SSSR count). The minimum Gasteiger partial charge on any atom is -0.378 e. The van der Waals surface area contributed by atoms with Crippen LogP contribution in [0.5, 0.6) is 0 Å². The van der Waals surface area contributed by atoms with Gasteiger partial charge >= 0.3 is 0 Å². The molecule has 2 aromatic rings. The van der Waals surface area contributed by atoms with Crippen molar-refractivity contribution in [3.05, 3.63) is 50.4 Å². The van der Waals surface area contributed by atoms with Gasteiger partial charge in [-0.25, -0.2) is 0 Å². The molecule has 1 atom stereocenters. The van der Waals surface area contributed by atoms with Gasteiger partial charge in [0, 0.05) is 24.7 Å². The highest BCUT2D eigenvalue weighted by molar-refractivity contribution is 6.33.